The van der Waals surface area contributed by atoms with Crippen LogP contribution in [0.4, 0.5) is 0 Å². The van der Waals surface area contributed by atoms with Crippen LogP contribution in [0.2, 0.25) is 0 Å². The lowest BCUT2D eigenvalue weighted by Crippen LogP contribution is -2.14. The molecule has 0 aromatic rings. The number of rotatable bonds is 5. The van der Waals surface area contributed by atoms with Crippen molar-refractivity contribution >= 4 is 5.97 Å². The lowest BCUT2D eigenvalue weighted by Gasteiger charge is -2.09. The summed E-state index contributed by atoms with van der Waals surface area (Å²) in [6, 6.07) is 0. The molecule has 0 fully saturated rings. The third-order valence-electron chi connectivity index (χ3n) is 1.74. The molecular weight excluding hydrogens is 200 g/mol. The molecule has 0 saturated carbocycles. The van der Waals surface area contributed by atoms with Gasteiger partial charge in [0.2, 0.25) is 0 Å². The van der Waals surface area contributed by atoms with Crippen LogP contribution in [0.15, 0.2) is 24.8 Å². The highest BCUT2D eigenvalue weighted by molar-refractivity contribution is 5.82. The number of unbranched alkanes of at least 4 members (excludes halogenated alkanes) is 1. The van der Waals surface area contributed by atoms with Crippen LogP contribution in [0.5, 0.6) is 0 Å². The smallest absolute Gasteiger partial charge is 0.332 e. The Bertz CT molecular complexity index is 347. The number of ether oxygens (including phenoxy) is 1. The SMILES string of the molecule is C#C/C=C\C(=O)OC(C#CC=C)CCCC. The standard InChI is InChI=1S/C14H16O2/c1-4-7-10-13(11-8-5-2)16-14(15)12-9-6-3/h3-4,9,12-13H,1,5,8,11H2,2H3/b12-9-. The second kappa shape index (κ2) is 9.62. The molecule has 0 N–H and O–H groups in total. The van der Waals surface area contributed by atoms with E-state index in [0.717, 1.165) is 19.3 Å². The molecule has 0 aliphatic rings. The van der Waals surface area contributed by atoms with Gasteiger partial charge >= 0.3 is 5.97 Å². The van der Waals surface area contributed by atoms with Gasteiger partial charge in [-0.15, -0.1) is 6.42 Å². The largest absolute Gasteiger partial charge is 0.446 e. The zero-order valence-electron chi connectivity index (χ0n) is 9.53. The van der Waals surface area contributed by atoms with Crippen LogP contribution in [0.25, 0.3) is 0 Å². The van der Waals surface area contributed by atoms with Crippen LogP contribution in [-0.2, 0) is 9.53 Å². The summed E-state index contributed by atoms with van der Waals surface area (Å²) < 4.78 is 5.11. The summed E-state index contributed by atoms with van der Waals surface area (Å²) >= 11 is 0. The van der Waals surface area contributed by atoms with Crippen molar-refractivity contribution in [2.24, 2.45) is 0 Å². The fourth-order valence-corrected chi connectivity index (χ4v) is 0.998. The Balaban J connectivity index is 4.30. The third-order valence-corrected chi connectivity index (χ3v) is 1.74. The minimum absolute atomic E-state index is 0.382. The van der Waals surface area contributed by atoms with E-state index in [4.69, 9.17) is 11.2 Å². The van der Waals surface area contributed by atoms with Gasteiger partial charge in [0.25, 0.3) is 0 Å². The van der Waals surface area contributed by atoms with Gasteiger partial charge in [-0.05, 0) is 25.0 Å². The summed E-state index contributed by atoms with van der Waals surface area (Å²) in [6.45, 7) is 5.55. The molecule has 0 spiro atoms. The summed E-state index contributed by atoms with van der Waals surface area (Å²) in [4.78, 5) is 11.2. The fraction of sp³-hybridized carbons (Fsp3) is 0.357. The highest BCUT2D eigenvalue weighted by atomic mass is 16.5. The van der Waals surface area contributed by atoms with Crippen LogP contribution >= 0.6 is 0 Å². The van der Waals surface area contributed by atoms with E-state index in [1.54, 1.807) is 0 Å². The van der Waals surface area contributed by atoms with Gasteiger partial charge in [-0.25, -0.2) is 4.79 Å². The number of carbonyl (C=O) groups is 1. The molecule has 0 saturated heterocycles. The van der Waals surface area contributed by atoms with Crippen LogP contribution in [-0.4, -0.2) is 12.1 Å². The Kier molecular flexibility index (Phi) is 8.46. The predicted octanol–water partition coefficient (Wildman–Crippen LogP) is 2.47. The molecule has 0 amide bonds. The molecule has 0 rings (SSSR count). The molecule has 0 aromatic heterocycles. The molecule has 0 bridgehead atoms. The van der Waals surface area contributed by atoms with Gasteiger partial charge in [0.05, 0.1) is 0 Å². The van der Waals surface area contributed by atoms with E-state index in [1.165, 1.54) is 18.2 Å². The van der Waals surface area contributed by atoms with E-state index in [9.17, 15) is 4.79 Å². The molecular formula is C14H16O2. The van der Waals surface area contributed by atoms with E-state index in [0.29, 0.717) is 0 Å². The average molecular weight is 216 g/mol. The van der Waals surface area contributed by atoms with Crippen molar-refractivity contribution < 1.29 is 9.53 Å². The monoisotopic (exact) mass is 216 g/mol. The maximum Gasteiger partial charge on any atom is 0.332 e. The minimum Gasteiger partial charge on any atom is -0.446 e. The number of esters is 1. The summed E-state index contributed by atoms with van der Waals surface area (Å²) in [5.41, 5.74) is 0. The minimum atomic E-state index is -0.461. The summed E-state index contributed by atoms with van der Waals surface area (Å²) in [5, 5.41) is 0. The average Bonchev–Trinajstić information content (AvgIpc) is 2.30. The van der Waals surface area contributed by atoms with E-state index >= 15 is 0 Å². The number of terminal acetylenes is 1. The topological polar surface area (TPSA) is 26.3 Å². The van der Waals surface area contributed by atoms with Gasteiger partial charge in [0.15, 0.2) is 6.10 Å². The Hall–Kier alpha value is -1.93. The predicted molar refractivity (Wildman–Crippen MR) is 65.4 cm³/mol. The maximum absolute atomic E-state index is 11.2. The first-order valence-electron chi connectivity index (χ1n) is 5.19. The maximum atomic E-state index is 11.2. The zero-order chi connectivity index (χ0) is 12.2. The number of allylic oxidation sites excluding steroid dienone is 2. The molecule has 0 radical (unpaired) electrons. The molecule has 2 heteroatoms. The van der Waals surface area contributed by atoms with Crippen molar-refractivity contribution in [1.29, 1.82) is 0 Å². The number of hydrogen-bond acceptors (Lipinski definition) is 2. The molecule has 1 atom stereocenters. The molecule has 84 valence electrons. The molecule has 2 nitrogen and oxygen atoms in total. The zero-order valence-corrected chi connectivity index (χ0v) is 9.53. The summed E-state index contributed by atoms with van der Waals surface area (Å²) in [7, 11) is 0. The molecule has 0 heterocycles. The first kappa shape index (κ1) is 14.1. The van der Waals surface area contributed by atoms with Crippen molar-refractivity contribution in [3.05, 3.63) is 24.8 Å². The number of hydrogen-bond donors (Lipinski definition) is 0. The van der Waals surface area contributed by atoms with Crippen LogP contribution < -0.4 is 0 Å². The van der Waals surface area contributed by atoms with E-state index in [2.05, 4.69) is 31.3 Å². The second-order valence-corrected chi connectivity index (χ2v) is 3.06. The Morgan fingerprint density at radius 3 is 2.94 bits per heavy atom. The Morgan fingerprint density at radius 1 is 1.62 bits per heavy atom. The van der Waals surface area contributed by atoms with Crippen molar-refractivity contribution in [3.8, 4) is 24.2 Å². The highest BCUT2D eigenvalue weighted by Crippen LogP contribution is 2.04. The quantitative estimate of drug-likeness (QED) is 0.401. The highest BCUT2D eigenvalue weighted by Gasteiger charge is 2.08. The third kappa shape index (κ3) is 7.47. The lowest BCUT2D eigenvalue weighted by molar-refractivity contribution is -0.140. The molecule has 16 heavy (non-hydrogen) atoms. The van der Waals surface area contributed by atoms with Gasteiger partial charge in [0.1, 0.15) is 0 Å². The Morgan fingerprint density at radius 2 is 2.38 bits per heavy atom. The fourth-order valence-electron chi connectivity index (χ4n) is 0.998. The van der Waals surface area contributed by atoms with Crippen LogP contribution in [0.3, 0.4) is 0 Å². The molecule has 0 aliphatic carbocycles. The van der Waals surface area contributed by atoms with Gasteiger partial charge < -0.3 is 4.74 Å². The summed E-state index contributed by atoms with van der Waals surface area (Å²) in [6.07, 6.45) is 11.3. The van der Waals surface area contributed by atoms with Crippen molar-refractivity contribution in [2.45, 2.75) is 32.3 Å². The van der Waals surface area contributed by atoms with E-state index < -0.39 is 5.97 Å². The molecule has 1 unspecified atom stereocenters. The van der Waals surface area contributed by atoms with E-state index in [-0.39, 0.29) is 6.10 Å². The molecule has 0 aliphatic heterocycles. The van der Waals surface area contributed by atoms with Gasteiger partial charge in [-0.1, -0.05) is 37.7 Å². The first-order valence-corrected chi connectivity index (χ1v) is 5.19. The van der Waals surface area contributed by atoms with Gasteiger partial charge in [0, 0.05) is 6.08 Å². The van der Waals surface area contributed by atoms with Crippen molar-refractivity contribution in [1.82, 2.24) is 0 Å². The van der Waals surface area contributed by atoms with Crippen LogP contribution in [0, 0.1) is 24.2 Å². The van der Waals surface area contributed by atoms with Crippen molar-refractivity contribution in [2.75, 3.05) is 0 Å². The normalized spacial score (nSPS) is 11.0. The van der Waals surface area contributed by atoms with E-state index in [1.807, 2.05) is 0 Å². The second-order valence-electron chi connectivity index (χ2n) is 3.06. The van der Waals surface area contributed by atoms with Crippen molar-refractivity contribution in [3.63, 3.8) is 0 Å². The van der Waals surface area contributed by atoms with Gasteiger partial charge in [-0.2, -0.15) is 0 Å². The van der Waals surface area contributed by atoms with Gasteiger partial charge in [-0.3, -0.25) is 0 Å². The Labute approximate surface area is 97.4 Å². The first-order chi connectivity index (χ1) is 7.74. The lowest BCUT2D eigenvalue weighted by atomic mass is 10.1. The number of carbonyl (C=O) groups excluding carboxylic acids is 1. The molecule has 0 aromatic carbocycles. The summed E-state index contributed by atoms with van der Waals surface area (Å²) in [5.74, 6) is 7.27. The van der Waals surface area contributed by atoms with Crippen LogP contribution in [0.1, 0.15) is 26.2 Å².